The third-order valence-electron chi connectivity index (χ3n) is 2.46. The van der Waals surface area contributed by atoms with Gasteiger partial charge in [-0.2, -0.15) is 0 Å². The van der Waals surface area contributed by atoms with Crippen LogP contribution in [0.3, 0.4) is 0 Å². The van der Waals surface area contributed by atoms with Gasteiger partial charge in [-0.15, -0.1) is 0 Å². The molecule has 1 N–H and O–H groups in total. The van der Waals surface area contributed by atoms with Gasteiger partial charge in [0.15, 0.2) is 0 Å². The molecule has 0 bridgehead atoms. The first-order valence-corrected chi connectivity index (χ1v) is 5.01. The van der Waals surface area contributed by atoms with Crippen LogP contribution in [0.25, 0.3) is 0 Å². The van der Waals surface area contributed by atoms with Gasteiger partial charge in [0.2, 0.25) is 5.91 Å². The Kier molecular flexibility index (Phi) is 3.69. The molecule has 0 aliphatic rings. The van der Waals surface area contributed by atoms with Crippen molar-refractivity contribution in [1.82, 2.24) is 0 Å². The molecule has 0 fully saturated rings. The van der Waals surface area contributed by atoms with Crippen LogP contribution in [0.4, 0.5) is 5.69 Å². The number of benzene rings is 1. The van der Waals surface area contributed by atoms with Crippen molar-refractivity contribution >= 4 is 11.6 Å². The zero-order valence-corrected chi connectivity index (χ0v) is 9.00. The quantitative estimate of drug-likeness (QED) is 0.781. The average molecular weight is 191 g/mol. The predicted molar refractivity (Wildman–Crippen MR) is 59.3 cm³/mol. The van der Waals surface area contributed by atoms with Gasteiger partial charge in [-0.25, -0.2) is 0 Å². The van der Waals surface area contributed by atoms with Crippen molar-refractivity contribution < 1.29 is 4.79 Å². The molecule has 1 atom stereocenters. The SMILES string of the molecule is CC[C@H](C)C(=O)Nc1ccccc1C. The summed E-state index contributed by atoms with van der Waals surface area (Å²) in [5.41, 5.74) is 2.02. The van der Waals surface area contributed by atoms with Crippen LogP contribution in [-0.2, 0) is 4.79 Å². The number of anilines is 1. The minimum absolute atomic E-state index is 0.0783. The maximum Gasteiger partial charge on any atom is 0.227 e. The Hall–Kier alpha value is -1.31. The van der Waals surface area contributed by atoms with Crippen LogP contribution in [0.2, 0.25) is 0 Å². The summed E-state index contributed by atoms with van der Waals surface area (Å²) in [6.45, 7) is 5.95. The molecule has 0 aromatic heterocycles. The average Bonchev–Trinajstić information content (AvgIpc) is 2.20. The summed E-state index contributed by atoms with van der Waals surface area (Å²) in [5.74, 6) is 0.177. The molecule has 0 saturated carbocycles. The molecule has 0 heterocycles. The molecule has 1 aromatic carbocycles. The Labute approximate surface area is 85.3 Å². The summed E-state index contributed by atoms with van der Waals surface area (Å²) in [6.07, 6.45) is 0.873. The maximum absolute atomic E-state index is 11.6. The van der Waals surface area contributed by atoms with E-state index in [-0.39, 0.29) is 11.8 Å². The van der Waals surface area contributed by atoms with Crippen LogP contribution < -0.4 is 5.32 Å². The van der Waals surface area contributed by atoms with Gasteiger partial charge in [-0.3, -0.25) is 4.79 Å². The predicted octanol–water partition coefficient (Wildman–Crippen LogP) is 2.98. The zero-order valence-electron chi connectivity index (χ0n) is 9.00. The van der Waals surface area contributed by atoms with Crippen molar-refractivity contribution in [2.45, 2.75) is 27.2 Å². The number of amides is 1. The summed E-state index contributed by atoms with van der Waals surface area (Å²) >= 11 is 0. The second-order valence-corrected chi connectivity index (χ2v) is 3.61. The molecule has 0 aliphatic carbocycles. The highest BCUT2D eigenvalue weighted by molar-refractivity contribution is 5.92. The van der Waals surface area contributed by atoms with Gasteiger partial charge in [0, 0.05) is 11.6 Å². The lowest BCUT2D eigenvalue weighted by atomic mass is 10.1. The number of carbonyl (C=O) groups excluding carboxylic acids is 1. The summed E-state index contributed by atoms with van der Waals surface area (Å²) in [4.78, 5) is 11.6. The lowest BCUT2D eigenvalue weighted by Crippen LogP contribution is -2.20. The van der Waals surface area contributed by atoms with E-state index in [2.05, 4.69) is 5.32 Å². The van der Waals surface area contributed by atoms with Crippen molar-refractivity contribution in [3.8, 4) is 0 Å². The fourth-order valence-corrected chi connectivity index (χ4v) is 1.15. The fraction of sp³-hybridized carbons (Fsp3) is 0.417. The summed E-state index contributed by atoms with van der Waals surface area (Å²) in [6, 6.07) is 7.81. The van der Waals surface area contributed by atoms with E-state index in [4.69, 9.17) is 0 Å². The molecule has 2 heteroatoms. The van der Waals surface area contributed by atoms with E-state index in [9.17, 15) is 4.79 Å². The minimum Gasteiger partial charge on any atom is -0.326 e. The Morgan fingerprint density at radius 3 is 2.64 bits per heavy atom. The second kappa shape index (κ2) is 4.80. The number of carbonyl (C=O) groups is 1. The summed E-state index contributed by atoms with van der Waals surface area (Å²) in [5, 5.41) is 2.92. The highest BCUT2D eigenvalue weighted by Crippen LogP contribution is 2.14. The van der Waals surface area contributed by atoms with Crippen molar-refractivity contribution in [3.63, 3.8) is 0 Å². The van der Waals surface area contributed by atoms with E-state index in [1.807, 2.05) is 45.0 Å². The van der Waals surface area contributed by atoms with Crippen LogP contribution in [0.1, 0.15) is 25.8 Å². The maximum atomic E-state index is 11.6. The lowest BCUT2D eigenvalue weighted by Gasteiger charge is -2.11. The molecule has 76 valence electrons. The van der Waals surface area contributed by atoms with Gasteiger partial charge in [0.05, 0.1) is 0 Å². The topological polar surface area (TPSA) is 29.1 Å². The van der Waals surface area contributed by atoms with E-state index >= 15 is 0 Å². The number of hydrogen-bond donors (Lipinski definition) is 1. The first-order chi connectivity index (χ1) is 6.65. The molecule has 0 aliphatic heterocycles. The van der Waals surface area contributed by atoms with Crippen LogP contribution in [-0.4, -0.2) is 5.91 Å². The van der Waals surface area contributed by atoms with Crippen LogP contribution in [0, 0.1) is 12.8 Å². The van der Waals surface area contributed by atoms with Crippen LogP contribution in [0.5, 0.6) is 0 Å². The Balaban J connectivity index is 2.70. The van der Waals surface area contributed by atoms with Crippen molar-refractivity contribution in [1.29, 1.82) is 0 Å². The van der Waals surface area contributed by atoms with Crippen molar-refractivity contribution in [2.24, 2.45) is 5.92 Å². The number of hydrogen-bond acceptors (Lipinski definition) is 1. The Bertz CT molecular complexity index is 320. The molecule has 1 amide bonds. The molecule has 2 nitrogen and oxygen atoms in total. The van der Waals surface area contributed by atoms with E-state index < -0.39 is 0 Å². The van der Waals surface area contributed by atoms with Gasteiger partial charge in [0.1, 0.15) is 0 Å². The number of rotatable bonds is 3. The number of para-hydroxylation sites is 1. The molecule has 14 heavy (non-hydrogen) atoms. The highest BCUT2D eigenvalue weighted by Gasteiger charge is 2.10. The smallest absolute Gasteiger partial charge is 0.227 e. The van der Waals surface area contributed by atoms with E-state index in [1.54, 1.807) is 0 Å². The van der Waals surface area contributed by atoms with Gasteiger partial charge < -0.3 is 5.32 Å². The largest absolute Gasteiger partial charge is 0.326 e. The molecular weight excluding hydrogens is 174 g/mol. The van der Waals surface area contributed by atoms with E-state index in [1.165, 1.54) is 0 Å². The number of nitrogens with one attached hydrogen (secondary N) is 1. The first kappa shape index (κ1) is 10.8. The molecule has 0 unspecified atom stereocenters. The van der Waals surface area contributed by atoms with Gasteiger partial charge in [-0.05, 0) is 25.0 Å². The fourth-order valence-electron chi connectivity index (χ4n) is 1.15. The third kappa shape index (κ3) is 2.59. The van der Waals surface area contributed by atoms with E-state index in [0.717, 1.165) is 17.7 Å². The molecule has 0 spiro atoms. The van der Waals surface area contributed by atoms with Crippen molar-refractivity contribution in [2.75, 3.05) is 5.32 Å². The van der Waals surface area contributed by atoms with Gasteiger partial charge >= 0.3 is 0 Å². The third-order valence-corrected chi connectivity index (χ3v) is 2.46. The molecule has 1 aromatic rings. The minimum atomic E-state index is 0.0783. The molecule has 1 rings (SSSR count). The first-order valence-electron chi connectivity index (χ1n) is 5.01. The summed E-state index contributed by atoms with van der Waals surface area (Å²) in [7, 11) is 0. The molecule has 0 radical (unpaired) electrons. The normalized spacial score (nSPS) is 12.2. The molecule has 0 saturated heterocycles. The second-order valence-electron chi connectivity index (χ2n) is 3.61. The van der Waals surface area contributed by atoms with Gasteiger partial charge in [-0.1, -0.05) is 32.0 Å². The highest BCUT2D eigenvalue weighted by atomic mass is 16.1. The van der Waals surface area contributed by atoms with Gasteiger partial charge in [0.25, 0.3) is 0 Å². The van der Waals surface area contributed by atoms with Crippen LogP contribution in [0.15, 0.2) is 24.3 Å². The Morgan fingerprint density at radius 1 is 1.43 bits per heavy atom. The molecular formula is C12H17NO. The number of aryl methyl sites for hydroxylation is 1. The summed E-state index contributed by atoms with van der Waals surface area (Å²) < 4.78 is 0. The monoisotopic (exact) mass is 191 g/mol. The van der Waals surface area contributed by atoms with Crippen molar-refractivity contribution in [3.05, 3.63) is 29.8 Å². The lowest BCUT2D eigenvalue weighted by molar-refractivity contribution is -0.119. The zero-order chi connectivity index (χ0) is 10.6. The Morgan fingerprint density at radius 2 is 2.07 bits per heavy atom. The van der Waals surface area contributed by atoms with E-state index in [0.29, 0.717) is 0 Å². The standard InChI is InChI=1S/C12H17NO/c1-4-9(2)12(14)13-11-8-6-5-7-10(11)3/h5-9H,4H2,1-3H3,(H,13,14)/t9-/m0/s1. The van der Waals surface area contributed by atoms with Crippen LogP contribution >= 0.6 is 0 Å².